The molecule has 4 aromatic rings. The molecule has 0 saturated carbocycles. The molecule has 114 valence electrons. The Bertz CT molecular complexity index is 1010. The summed E-state index contributed by atoms with van der Waals surface area (Å²) in [5.41, 5.74) is 10.7. The lowest BCUT2D eigenvalue weighted by Crippen LogP contribution is -2.03. The van der Waals surface area contributed by atoms with Gasteiger partial charge in [-0.2, -0.15) is 5.10 Å². The lowest BCUT2D eigenvalue weighted by molar-refractivity contribution is 1.21. The molecular formula is C20H14N4. The molecule has 1 aromatic heterocycles. The highest BCUT2D eigenvalue weighted by Gasteiger charge is 2.24. The largest absolute Gasteiger partial charge is 0.323 e. The minimum atomic E-state index is 0.644. The number of rotatable bonds is 2. The number of hydrazone groups is 1. The van der Waals surface area contributed by atoms with E-state index in [0.29, 0.717) is 5.95 Å². The van der Waals surface area contributed by atoms with Crippen molar-refractivity contribution in [1.29, 1.82) is 0 Å². The van der Waals surface area contributed by atoms with Crippen molar-refractivity contribution in [3.05, 3.63) is 83.9 Å². The van der Waals surface area contributed by atoms with Gasteiger partial charge in [-0.05, 0) is 23.3 Å². The number of nitrogens with one attached hydrogen (secondary N) is 2. The number of imidazole rings is 1. The van der Waals surface area contributed by atoms with Gasteiger partial charge in [0.25, 0.3) is 0 Å². The molecule has 2 N–H and O–H groups in total. The summed E-state index contributed by atoms with van der Waals surface area (Å²) >= 11 is 0. The zero-order valence-electron chi connectivity index (χ0n) is 12.8. The lowest BCUT2D eigenvalue weighted by atomic mass is 10.1. The SMILES string of the molecule is c1ccc2c(c1)C(=NNc1nc3ccccc3[nH]1)c1ccccc1-2. The third-order valence-corrected chi connectivity index (χ3v) is 4.32. The van der Waals surface area contributed by atoms with Gasteiger partial charge in [0.15, 0.2) is 0 Å². The van der Waals surface area contributed by atoms with Crippen molar-refractivity contribution in [2.24, 2.45) is 5.10 Å². The Kier molecular flexibility index (Phi) is 2.76. The molecule has 0 saturated heterocycles. The third-order valence-electron chi connectivity index (χ3n) is 4.32. The fourth-order valence-corrected chi connectivity index (χ4v) is 3.23. The maximum absolute atomic E-state index is 4.64. The first-order valence-corrected chi connectivity index (χ1v) is 7.88. The average Bonchev–Trinajstić information content (AvgIpc) is 3.19. The van der Waals surface area contributed by atoms with Crippen molar-refractivity contribution >= 4 is 22.7 Å². The van der Waals surface area contributed by atoms with Gasteiger partial charge in [-0.15, -0.1) is 0 Å². The molecule has 4 nitrogen and oxygen atoms in total. The van der Waals surface area contributed by atoms with Crippen molar-refractivity contribution in [3.63, 3.8) is 0 Å². The van der Waals surface area contributed by atoms with Crippen LogP contribution in [0, 0.1) is 0 Å². The molecule has 0 bridgehead atoms. The summed E-state index contributed by atoms with van der Waals surface area (Å²) in [7, 11) is 0. The van der Waals surface area contributed by atoms with Crippen LogP contribution in [-0.4, -0.2) is 15.7 Å². The summed E-state index contributed by atoms with van der Waals surface area (Å²) in [6.07, 6.45) is 0. The van der Waals surface area contributed by atoms with E-state index in [0.717, 1.165) is 27.9 Å². The van der Waals surface area contributed by atoms with E-state index in [9.17, 15) is 0 Å². The van der Waals surface area contributed by atoms with E-state index < -0.39 is 0 Å². The third kappa shape index (κ3) is 1.93. The van der Waals surface area contributed by atoms with E-state index in [1.54, 1.807) is 0 Å². The zero-order valence-corrected chi connectivity index (χ0v) is 12.8. The van der Waals surface area contributed by atoms with Crippen molar-refractivity contribution in [3.8, 4) is 11.1 Å². The van der Waals surface area contributed by atoms with Crippen LogP contribution in [0.2, 0.25) is 0 Å². The normalized spacial score (nSPS) is 12.1. The van der Waals surface area contributed by atoms with E-state index in [-0.39, 0.29) is 0 Å². The van der Waals surface area contributed by atoms with E-state index in [1.165, 1.54) is 11.1 Å². The summed E-state index contributed by atoms with van der Waals surface area (Å²) in [5, 5.41) is 4.64. The Balaban J connectivity index is 1.59. The Hall–Kier alpha value is -3.40. The quantitative estimate of drug-likeness (QED) is 0.475. The fraction of sp³-hybridized carbons (Fsp3) is 0. The van der Waals surface area contributed by atoms with Crippen LogP contribution in [0.4, 0.5) is 5.95 Å². The number of benzene rings is 3. The first-order chi connectivity index (χ1) is 11.9. The maximum atomic E-state index is 4.64. The molecule has 0 fully saturated rings. The predicted molar refractivity (Wildman–Crippen MR) is 97.2 cm³/mol. The molecule has 0 amide bonds. The molecule has 0 unspecified atom stereocenters. The van der Waals surface area contributed by atoms with Crippen molar-refractivity contribution in [1.82, 2.24) is 9.97 Å². The molecule has 1 heterocycles. The second-order valence-electron chi connectivity index (χ2n) is 5.77. The first kappa shape index (κ1) is 13.1. The van der Waals surface area contributed by atoms with Gasteiger partial charge in [-0.3, -0.25) is 0 Å². The van der Waals surface area contributed by atoms with Gasteiger partial charge < -0.3 is 4.98 Å². The molecule has 1 aliphatic rings. The Morgan fingerprint density at radius 1 is 0.708 bits per heavy atom. The van der Waals surface area contributed by atoms with Crippen LogP contribution in [0.1, 0.15) is 11.1 Å². The number of para-hydroxylation sites is 2. The summed E-state index contributed by atoms with van der Waals surface area (Å²) in [6.45, 7) is 0. The van der Waals surface area contributed by atoms with Gasteiger partial charge in [0.05, 0.1) is 16.7 Å². The van der Waals surface area contributed by atoms with Crippen LogP contribution in [0.3, 0.4) is 0 Å². The summed E-state index contributed by atoms with van der Waals surface area (Å²) < 4.78 is 0. The van der Waals surface area contributed by atoms with Gasteiger partial charge >= 0.3 is 0 Å². The highest BCUT2D eigenvalue weighted by atomic mass is 15.4. The number of hydrogen-bond donors (Lipinski definition) is 2. The second kappa shape index (κ2) is 5.06. The number of aromatic amines is 1. The molecule has 0 atom stereocenters. The number of H-pyrrole nitrogens is 1. The van der Waals surface area contributed by atoms with E-state index >= 15 is 0 Å². The van der Waals surface area contributed by atoms with E-state index in [2.05, 4.69) is 56.9 Å². The number of nitrogens with zero attached hydrogens (tertiary/aromatic N) is 2. The number of hydrogen-bond acceptors (Lipinski definition) is 3. The van der Waals surface area contributed by atoms with Crippen LogP contribution >= 0.6 is 0 Å². The van der Waals surface area contributed by atoms with Crippen LogP contribution in [0.15, 0.2) is 77.9 Å². The Labute approximate surface area is 138 Å². The van der Waals surface area contributed by atoms with Gasteiger partial charge in [-0.25, -0.2) is 10.4 Å². The van der Waals surface area contributed by atoms with Crippen molar-refractivity contribution in [2.75, 3.05) is 5.43 Å². The minimum absolute atomic E-state index is 0.644. The van der Waals surface area contributed by atoms with Gasteiger partial charge in [0.2, 0.25) is 5.95 Å². The second-order valence-corrected chi connectivity index (χ2v) is 5.77. The molecular weight excluding hydrogens is 296 g/mol. The monoisotopic (exact) mass is 310 g/mol. The maximum Gasteiger partial charge on any atom is 0.222 e. The molecule has 1 aliphatic carbocycles. The predicted octanol–water partition coefficient (Wildman–Crippen LogP) is 4.41. The summed E-state index contributed by atoms with van der Waals surface area (Å²) in [5.74, 6) is 0.644. The topological polar surface area (TPSA) is 53.1 Å². The van der Waals surface area contributed by atoms with Crippen molar-refractivity contribution in [2.45, 2.75) is 0 Å². The number of anilines is 1. The first-order valence-electron chi connectivity index (χ1n) is 7.88. The molecule has 4 heteroatoms. The van der Waals surface area contributed by atoms with Gasteiger partial charge in [0, 0.05) is 11.1 Å². The molecule has 5 rings (SSSR count). The number of aromatic nitrogens is 2. The summed E-state index contributed by atoms with van der Waals surface area (Å²) in [4.78, 5) is 7.75. The Morgan fingerprint density at radius 3 is 1.96 bits per heavy atom. The zero-order chi connectivity index (χ0) is 15.9. The van der Waals surface area contributed by atoms with Crippen LogP contribution in [0.5, 0.6) is 0 Å². The number of fused-ring (bicyclic) bond motifs is 4. The lowest BCUT2D eigenvalue weighted by Gasteiger charge is -2.01. The van der Waals surface area contributed by atoms with Crippen molar-refractivity contribution < 1.29 is 0 Å². The average molecular weight is 310 g/mol. The molecule has 3 aromatic carbocycles. The minimum Gasteiger partial charge on any atom is -0.323 e. The Morgan fingerprint density at radius 2 is 1.29 bits per heavy atom. The fourth-order valence-electron chi connectivity index (χ4n) is 3.23. The van der Waals surface area contributed by atoms with Gasteiger partial charge in [-0.1, -0.05) is 60.7 Å². The molecule has 0 aliphatic heterocycles. The highest BCUT2D eigenvalue weighted by Crippen LogP contribution is 2.36. The van der Waals surface area contributed by atoms with Crippen LogP contribution in [-0.2, 0) is 0 Å². The summed E-state index contributed by atoms with van der Waals surface area (Å²) in [6, 6.07) is 24.6. The van der Waals surface area contributed by atoms with E-state index in [1.807, 2.05) is 36.4 Å². The molecule has 0 spiro atoms. The smallest absolute Gasteiger partial charge is 0.222 e. The molecule has 24 heavy (non-hydrogen) atoms. The van der Waals surface area contributed by atoms with Gasteiger partial charge in [0.1, 0.15) is 0 Å². The standard InChI is InChI=1S/C20H14N4/c1-3-9-15-13(7-1)14-8-2-4-10-16(14)19(15)23-24-20-21-17-11-5-6-12-18(17)22-20/h1-12H,(H2,21,22,24). The van der Waals surface area contributed by atoms with Crippen LogP contribution < -0.4 is 5.43 Å². The highest BCUT2D eigenvalue weighted by molar-refractivity contribution is 6.24. The molecule has 0 radical (unpaired) electrons. The van der Waals surface area contributed by atoms with Crippen LogP contribution in [0.25, 0.3) is 22.2 Å². The van der Waals surface area contributed by atoms with E-state index in [4.69, 9.17) is 0 Å².